The molecule has 4 N–H and O–H groups in total. The molecule has 1 aromatic carbocycles. The van der Waals surface area contributed by atoms with Crippen molar-refractivity contribution in [1.82, 2.24) is 10.9 Å². The first-order valence-corrected chi connectivity index (χ1v) is 4.13. The molecule has 1 aromatic rings. The van der Waals surface area contributed by atoms with Crippen molar-refractivity contribution >= 4 is 5.91 Å². The fraction of sp³-hybridized carbons (Fsp3) is 0.222. The van der Waals surface area contributed by atoms with Gasteiger partial charge in [-0.05, 0) is 6.07 Å². The molecule has 1 atom stereocenters. The fourth-order valence-electron chi connectivity index (χ4n) is 1.07. The van der Waals surface area contributed by atoms with Gasteiger partial charge >= 0.3 is 0 Å². The Labute approximate surface area is 81.3 Å². The van der Waals surface area contributed by atoms with Gasteiger partial charge in [0, 0.05) is 12.6 Å². The number of hydrazine groups is 1. The average Bonchev–Trinajstić information content (AvgIpc) is 2.18. The van der Waals surface area contributed by atoms with Crippen LogP contribution in [0.2, 0.25) is 0 Å². The lowest BCUT2D eigenvalue weighted by atomic mass is 10.1. The third-order valence-electron chi connectivity index (χ3n) is 1.77. The second-order valence-electron chi connectivity index (χ2n) is 2.74. The number of nitrogens with two attached hydrogens (primary N) is 1. The highest BCUT2D eigenvalue weighted by Crippen LogP contribution is 2.13. The van der Waals surface area contributed by atoms with Gasteiger partial charge in [0.15, 0.2) is 0 Å². The van der Waals surface area contributed by atoms with Crippen LogP contribution in [0.4, 0.5) is 4.39 Å². The van der Waals surface area contributed by atoms with Crippen molar-refractivity contribution in [1.29, 1.82) is 0 Å². The number of rotatable bonds is 3. The molecule has 14 heavy (non-hydrogen) atoms. The quantitative estimate of drug-likeness (QED) is 0.601. The minimum Gasteiger partial charge on any atom is -0.316 e. The van der Waals surface area contributed by atoms with Gasteiger partial charge in [-0.15, -0.1) is 0 Å². The molecular weight excluding hydrogens is 185 g/mol. The Kier molecular flexibility index (Phi) is 3.55. The van der Waals surface area contributed by atoms with Crippen LogP contribution < -0.4 is 16.6 Å². The molecule has 0 saturated carbocycles. The summed E-state index contributed by atoms with van der Waals surface area (Å²) in [5.41, 5.74) is 10.4. The van der Waals surface area contributed by atoms with E-state index in [9.17, 15) is 9.18 Å². The Morgan fingerprint density at radius 2 is 2.14 bits per heavy atom. The summed E-state index contributed by atoms with van der Waals surface area (Å²) >= 11 is 0. The van der Waals surface area contributed by atoms with E-state index in [0.717, 1.165) is 0 Å². The van der Waals surface area contributed by atoms with Gasteiger partial charge in [-0.1, -0.05) is 18.2 Å². The number of amides is 1. The molecule has 0 bridgehead atoms. The highest BCUT2D eigenvalue weighted by Gasteiger charge is 2.17. The van der Waals surface area contributed by atoms with Gasteiger partial charge in [-0.3, -0.25) is 10.2 Å². The van der Waals surface area contributed by atoms with Crippen LogP contribution in [0.15, 0.2) is 24.3 Å². The molecule has 0 radical (unpaired) electrons. The second-order valence-corrected chi connectivity index (χ2v) is 2.74. The molecule has 76 valence electrons. The Morgan fingerprint density at radius 3 is 2.71 bits per heavy atom. The summed E-state index contributed by atoms with van der Waals surface area (Å²) in [6.07, 6.45) is 0. The molecule has 0 aliphatic carbocycles. The Morgan fingerprint density at radius 1 is 1.50 bits per heavy atom. The molecule has 1 amide bonds. The maximum atomic E-state index is 13.2. The summed E-state index contributed by atoms with van der Waals surface area (Å²) in [6, 6.07) is 4.92. The zero-order chi connectivity index (χ0) is 10.6. The normalized spacial score (nSPS) is 12.2. The monoisotopic (exact) mass is 197 g/mol. The highest BCUT2D eigenvalue weighted by molar-refractivity contribution is 5.82. The molecular formula is C9H12FN3O. The Balaban J connectivity index is 2.84. The van der Waals surface area contributed by atoms with Gasteiger partial charge in [-0.25, -0.2) is 9.82 Å². The lowest BCUT2D eigenvalue weighted by molar-refractivity contribution is -0.123. The summed E-state index contributed by atoms with van der Waals surface area (Å²) in [6.45, 7) is 0. The first-order valence-electron chi connectivity index (χ1n) is 4.13. The van der Waals surface area contributed by atoms with Crippen LogP contribution in [-0.4, -0.2) is 13.0 Å². The van der Waals surface area contributed by atoms with E-state index in [-0.39, 0.29) is 5.56 Å². The van der Waals surface area contributed by atoms with Gasteiger partial charge in [0.2, 0.25) is 0 Å². The van der Waals surface area contributed by atoms with Crippen LogP contribution in [0, 0.1) is 5.82 Å². The number of carbonyl (C=O) groups is 1. The van der Waals surface area contributed by atoms with E-state index in [2.05, 4.69) is 10.9 Å². The van der Waals surface area contributed by atoms with Crippen molar-refractivity contribution in [2.75, 3.05) is 7.05 Å². The van der Waals surface area contributed by atoms with Crippen LogP contribution >= 0.6 is 0 Å². The second kappa shape index (κ2) is 4.69. The van der Waals surface area contributed by atoms with Gasteiger partial charge in [0.05, 0.1) is 0 Å². The summed E-state index contributed by atoms with van der Waals surface area (Å²) in [5, 5.41) is 0. The standard InChI is InChI=1S/C9H12FN3O/c1-12-13-9(14)8(11)6-4-2-3-5-7(6)10/h2-5,8,12H,11H2,1H3,(H,13,14). The molecule has 1 rings (SSSR count). The van der Waals surface area contributed by atoms with E-state index < -0.39 is 17.8 Å². The summed E-state index contributed by atoms with van der Waals surface area (Å²) in [4.78, 5) is 11.2. The zero-order valence-corrected chi connectivity index (χ0v) is 7.75. The SMILES string of the molecule is CNNC(=O)C(N)c1ccccc1F. The maximum absolute atomic E-state index is 13.2. The summed E-state index contributed by atoms with van der Waals surface area (Å²) < 4.78 is 13.2. The number of hydrogen-bond acceptors (Lipinski definition) is 3. The third kappa shape index (κ3) is 2.27. The number of carbonyl (C=O) groups excluding carboxylic acids is 1. The molecule has 4 nitrogen and oxygen atoms in total. The fourth-order valence-corrected chi connectivity index (χ4v) is 1.07. The third-order valence-corrected chi connectivity index (χ3v) is 1.77. The molecule has 0 spiro atoms. The molecule has 0 fully saturated rings. The van der Waals surface area contributed by atoms with E-state index in [4.69, 9.17) is 5.73 Å². The molecule has 0 saturated heterocycles. The first-order chi connectivity index (χ1) is 6.66. The van der Waals surface area contributed by atoms with Crippen LogP contribution in [0.5, 0.6) is 0 Å². The minimum atomic E-state index is -0.997. The number of hydrogen-bond donors (Lipinski definition) is 3. The molecule has 1 unspecified atom stereocenters. The van der Waals surface area contributed by atoms with Crippen molar-refractivity contribution < 1.29 is 9.18 Å². The molecule has 0 aliphatic rings. The van der Waals surface area contributed by atoms with Gasteiger partial charge in [0.25, 0.3) is 5.91 Å². The maximum Gasteiger partial charge on any atom is 0.255 e. The topological polar surface area (TPSA) is 67.1 Å². The zero-order valence-electron chi connectivity index (χ0n) is 7.75. The van der Waals surface area contributed by atoms with Gasteiger partial charge in [-0.2, -0.15) is 0 Å². The highest BCUT2D eigenvalue weighted by atomic mass is 19.1. The van der Waals surface area contributed by atoms with Crippen LogP contribution in [0.25, 0.3) is 0 Å². The number of benzene rings is 1. The lowest BCUT2D eigenvalue weighted by Crippen LogP contribution is -2.41. The van der Waals surface area contributed by atoms with E-state index in [1.165, 1.54) is 19.2 Å². The van der Waals surface area contributed by atoms with E-state index in [0.29, 0.717) is 0 Å². The smallest absolute Gasteiger partial charge is 0.255 e. The van der Waals surface area contributed by atoms with E-state index in [1.807, 2.05) is 0 Å². The van der Waals surface area contributed by atoms with Crippen molar-refractivity contribution in [2.45, 2.75) is 6.04 Å². The van der Waals surface area contributed by atoms with Gasteiger partial charge in [0.1, 0.15) is 11.9 Å². The number of nitrogens with one attached hydrogen (secondary N) is 2. The molecule has 0 aromatic heterocycles. The van der Waals surface area contributed by atoms with E-state index >= 15 is 0 Å². The molecule has 0 aliphatic heterocycles. The van der Waals surface area contributed by atoms with Crippen molar-refractivity contribution in [3.05, 3.63) is 35.6 Å². The Hall–Kier alpha value is -1.46. The first kappa shape index (κ1) is 10.6. The van der Waals surface area contributed by atoms with Crippen molar-refractivity contribution in [2.24, 2.45) is 5.73 Å². The van der Waals surface area contributed by atoms with Crippen LogP contribution in [0.3, 0.4) is 0 Å². The lowest BCUT2D eigenvalue weighted by Gasteiger charge is -2.12. The predicted molar refractivity (Wildman–Crippen MR) is 50.5 cm³/mol. The van der Waals surface area contributed by atoms with E-state index in [1.54, 1.807) is 12.1 Å². The number of halogens is 1. The van der Waals surface area contributed by atoms with Crippen LogP contribution in [0.1, 0.15) is 11.6 Å². The van der Waals surface area contributed by atoms with Crippen LogP contribution in [-0.2, 0) is 4.79 Å². The molecule has 5 heteroatoms. The summed E-state index contributed by atoms with van der Waals surface area (Å²) in [7, 11) is 1.53. The van der Waals surface area contributed by atoms with Crippen molar-refractivity contribution in [3.8, 4) is 0 Å². The van der Waals surface area contributed by atoms with Crippen molar-refractivity contribution in [3.63, 3.8) is 0 Å². The predicted octanol–water partition coefficient (Wildman–Crippen LogP) is 0.0761. The minimum absolute atomic E-state index is 0.181. The largest absolute Gasteiger partial charge is 0.316 e. The summed E-state index contributed by atoms with van der Waals surface area (Å²) in [5.74, 6) is -0.955. The average molecular weight is 197 g/mol. The Bertz CT molecular complexity index is 330. The van der Waals surface area contributed by atoms with Gasteiger partial charge < -0.3 is 5.73 Å². The molecule has 0 heterocycles.